The molecule has 0 saturated carbocycles. The van der Waals surface area contributed by atoms with Crippen LogP contribution in [0.15, 0.2) is 20.7 Å². The zero-order valence-electron chi connectivity index (χ0n) is 12.4. The number of aromatic nitrogens is 4. The number of nitrogens with one attached hydrogen (secondary N) is 2. The molecule has 7 nitrogen and oxygen atoms in total. The lowest BCUT2D eigenvalue weighted by Crippen LogP contribution is -2.29. The highest BCUT2D eigenvalue weighted by Gasteiger charge is 2.17. The highest BCUT2D eigenvalue weighted by Crippen LogP contribution is 2.16. The number of aromatic amines is 1. The molecule has 0 saturated heterocycles. The van der Waals surface area contributed by atoms with Gasteiger partial charge in [-0.05, 0) is 20.8 Å². The van der Waals surface area contributed by atoms with E-state index in [0.717, 1.165) is 0 Å². The number of hydrogen-bond acceptors (Lipinski definition) is 4. The third kappa shape index (κ3) is 3.02. The topological polar surface area (TPSA) is 84.7 Å². The fraction of sp³-hybridized carbons (Fsp3) is 0.462. The Balaban J connectivity index is 2.76. The Hall–Kier alpha value is -2.02. The summed E-state index contributed by atoms with van der Waals surface area (Å²) in [5, 5.41) is 3.79. The van der Waals surface area contributed by atoms with Gasteiger partial charge in [0, 0.05) is 24.7 Å². The number of nitrogens with zero attached hydrogens (tertiary/aromatic N) is 3. The highest BCUT2D eigenvalue weighted by molar-refractivity contribution is 6.29. The molecule has 2 rings (SSSR count). The van der Waals surface area contributed by atoms with Crippen LogP contribution in [0.25, 0.3) is 11.2 Å². The molecule has 0 aliphatic rings. The Bertz CT molecular complexity index is 808. The van der Waals surface area contributed by atoms with Gasteiger partial charge in [0.05, 0.1) is 0 Å². The molecule has 21 heavy (non-hydrogen) atoms. The number of allylic oxidation sites excluding steroid dienone is 2. The summed E-state index contributed by atoms with van der Waals surface area (Å²) in [5.41, 5.74) is -0.266. The molecule has 0 bridgehead atoms. The van der Waals surface area contributed by atoms with E-state index >= 15 is 0 Å². The minimum Gasteiger partial charge on any atom is -0.353 e. The SMILES string of the molecule is C/C(Cl)=C\Cn1c(NC(C)C)nc2c1c(=O)[nH]c(=O)n2C. The van der Waals surface area contributed by atoms with E-state index in [-0.39, 0.29) is 6.04 Å². The van der Waals surface area contributed by atoms with Crippen molar-refractivity contribution in [3.63, 3.8) is 0 Å². The van der Waals surface area contributed by atoms with Crippen LogP contribution in [-0.2, 0) is 13.6 Å². The first-order valence-corrected chi connectivity index (χ1v) is 6.97. The maximum atomic E-state index is 12.1. The van der Waals surface area contributed by atoms with Crippen LogP contribution in [0, 0.1) is 0 Å². The summed E-state index contributed by atoms with van der Waals surface area (Å²) < 4.78 is 3.02. The molecule has 0 radical (unpaired) electrons. The van der Waals surface area contributed by atoms with Gasteiger partial charge in [-0.25, -0.2) is 4.79 Å². The van der Waals surface area contributed by atoms with Gasteiger partial charge in [0.25, 0.3) is 5.56 Å². The summed E-state index contributed by atoms with van der Waals surface area (Å²) in [7, 11) is 1.57. The number of aryl methyl sites for hydroxylation is 1. The average molecular weight is 312 g/mol. The van der Waals surface area contributed by atoms with Crippen molar-refractivity contribution in [1.82, 2.24) is 19.1 Å². The smallest absolute Gasteiger partial charge is 0.329 e. The molecule has 114 valence electrons. The van der Waals surface area contributed by atoms with E-state index in [0.29, 0.717) is 28.7 Å². The van der Waals surface area contributed by atoms with Gasteiger partial charge in [0.15, 0.2) is 11.2 Å². The Kier molecular flexibility index (Phi) is 4.22. The Morgan fingerprint density at radius 1 is 1.48 bits per heavy atom. The molecule has 0 aromatic carbocycles. The molecule has 0 aliphatic carbocycles. The van der Waals surface area contributed by atoms with Crippen LogP contribution in [0.1, 0.15) is 20.8 Å². The number of anilines is 1. The van der Waals surface area contributed by atoms with Gasteiger partial charge < -0.3 is 9.88 Å². The summed E-state index contributed by atoms with van der Waals surface area (Å²) in [6.07, 6.45) is 1.78. The summed E-state index contributed by atoms with van der Waals surface area (Å²) >= 11 is 5.87. The average Bonchev–Trinajstić information content (AvgIpc) is 2.72. The number of halogens is 1. The van der Waals surface area contributed by atoms with Crippen molar-refractivity contribution in [2.75, 3.05) is 5.32 Å². The Morgan fingerprint density at radius 2 is 2.14 bits per heavy atom. The molecule has 2 aromatic heterocycles. The number of rotatable bonds is 4. The van der Waals surface area contributed by atoms with Crippen LogP contribution in [0.4, 0.5) is 5.95 Å². The summed E-state index contributed by atoms with van der Waals surface area (Å²) in [6.45, 7) is 6.09. The second-order valence-corrected chi connectivity index (χ2v) is 5.72. The van der Waals surface area contributed by atoms with Gasteiger partial charge in [0.1, 0.15) is 0 Å². The van der Waals surface area contributed by atoms with Gasteiger partial charge in [-0.2, -0.15) is 4.98 Å². The van der Waals surface area contributed by atoms with Gasteiger partial charge >= 0.3 is 5.69 Å². The van der Waals surface area contributed by atoms with E-state index in [9.17, 15) is 9.59 Å². The van der Waals surface area contributed by atoms with Crippen LogP contribution in [-0.4, -0.2) is 25.1 Å². The van der Waals surface area contributed by atoms with Crippen LogP contribution in [0.2, 0.25) is 0 Å². The summed E-state index contributed by atoms with van der Waals surface area (Å²) in [4.78, 5) is 30.4. The number of hydrogen-bond donors (Lipinski definition) is 2. The fourth-order valence-electron chi connectivity index (χ4n) is 2.00. The lowest BCUT2D eigenvalue weighted by atomic mass is 10.4. The van der Waals surface area contributed by atoms with Crippen molar-refractivity contribution in [1.29, 1.82) is 0 Å². The third-order valence-corrected chi connectivity index (χ3v) is 3.13. The Morgan fingerprint density at radius 3 is 2.71 bits per heavy atom. The van der Waals surface area contributed by atoms with Crippen molar-refractivity contribution < 1.29 is 0 Å². The number of H-pyrrole nitrogens is 1. The van der Waals surface area contributed by atoms with Crippen molar-refractivity contribution in [2.45, 2.75) is 33.4 Å². The monoisotopic (exact) mass is 311 g/mol. The first-order chi connectivity index (χ1) is 9.81. The van der Waals surface area contributed by atoms with E-state index in [1.54, 1.807) is 24.6 Å². The predicted molar refractivity (Wildman–Crippen MR) is 84.0 cm³/mol. The zero-order chi connectivity index (χ0) is 15.7. The van der Waals surface area contributed by atoms with Crippen LogP contribution < -0.4 is 16.6 Å². The largest absolute Gasteiger partial charge is 0.353 e. The molecular weight excluding hydrogens is 294 g/mol. The highest BCUT2D eigenvalue weighted by atomic mass is 35.5. The molecule has 2 N–H and O–H groups in total. The quantitative estimate of drug-likeness (QED) is 0.893. The van der Waals surface area contributed by atoms with Crippen LogP contribution >= 0.6 is 11.6 Å². The third-order valence-electron chi connectivity index (χ3n) is 2.98. The van der Waals surface area contributed by atoms with Crippen molar-refractivity contribution in [2.24, 2.45) is 7.05 Å². The van der Waals surface area contributed by atoms with Crippen LogP contribution in [0.5, 0.6) is 0 Å². The lowest BCUT2D eigenvalue weighted by molar-refractivity contribution is 0.799. The first-order valence-electron chi connectivity index (χ1n) is 6.59. The molecule has 0 amide bonds. The zero-order valence-corrected chi connectivity index (χ0v) is 13.2. The summed E-state index contributed by atoms with van der Waals surface area (Å²) in [6, 6.07) is 0.137. The maximum absolute atomic E-state index is 12.1. The van der Waals surface area contributed by atoms with Gasteiger partial charge in [-0.3, -0.25) is 14.3 Å². The molecular formula is C13H18ClN5O2. The fourth-order valence-corrected chi connectivity index (χ4v) is 2.07. The molecule has 0 atom stereocenters. The number of fused-ring (bicyclic) bond motifs is 1. The number of imidazole rings is 1. The lowest BCUT2D eigenvalue weighted by Gasteiger charge is -2.11. The van der Waals surface area contributed by atoms with E-state index in [2.05, 4.69) is 15.3 Å². The minimum absolute atomic E-state index is 0.137. The predicted octanol–water partition coefficient (Wildman–Crippen LogP) is 1.39. The summed E-state index contributed by atoms with van der Waals surface area (Å²) in [5.74, 6) is 0.529. The van der Waals surface area contributed by atoms with Crippen molar-refractivity contribution >= 4 is 28.7 Å². The second-order valence-electron chi connectivity index (χ2n) is 5.13. The van der Waals surface area contributed by atoms with E-state index in [1.165, 1.54) is 4.57 Å². The van der Waals surface area contributed by atoms with E-state index in [1.807, 2.05) is 13.8 Å². The van der Waals surface area contributed by atoms with E-state index < -0.39 is 11.2 Å². The standard InChI is InChI=1S/C13H18ClN5O2/c1-7(2)15-12-16-10-9(19(12)6-5-8(3)14)11(20)17-13(21)18(10)4/h5,7H,6H2,1-4H3,(H,15,16)(H,17,20,21)/b8-5+. The van der Waals surface area contributed by atoms with Gasteiger partial charge in [0.2, 0.25) is 5.95 Å². The van der Waals surface area contributed by atoms with Gasteiger partial charge in [-0.15, -0.1) is 0 Å². The molecule has 2 aromatic rings. The molecule has 0 spiro atoms. The maximum Gasteiger partial charge on any atom is 0.329 e. The second kappa shape index (κ2) is 5.77. The molecule has 0 fully saturated rings. The van der Waals surface area contributed by atoms with Crippen LogP contribution in [0.3, 0.4) is 0 Å². The van der Waals surface area contributed by atoms with Crippen molar-refractivity contribution in [3.8, 4) is 0 Å². The first kappa shape index (κ1) is 15.4. The molecule has 0 unspecified atom stereocenters. The normalized spacial score (nSPS) is 12.4. The molecule has 0 aliphatic heterocycles. The Labute approximate surface area is 126 Å². The molecule has 2 heterocycles. The van der Waals surface area contributed by atoms with E-state index in [4.69, 9.17) is 11.6 Å². The van der Waals surface area contributed by atoms with Crippen molar-refractivity contribution in [3.05, 3.63) is 31.9 Å². The van der Waals surface area contributed by atoms with Gasteiger partial charge in [-0.1, -0.05) is 17.7 Å². The minimum atomic E-state index is -0.489. The molecule has 8 heteroatoms.